The summed E-state index contributed by atoms with van der Waals surface area (Å²) in [6.45, 7) is 4.91. The monoisotopic (exact) mass is 328 g/mol. The van der Waals surface area contributed by atoms with E-state index in [1.165, 1.54) is 18.3 Å². The highest BCUT2D eigenvalue weighted by molar-refractivity contribution is 5.86. The van der Waals surface area contributed by atoms with Crippen LogP contribution >= 0.6 is 0 Å². The second-order valence-electron chi connectivity index (χ2n) is 5.13. The fraction of sp³-hybridized carbons (Fsp3) is 0.294. The normalized spacial score (nSPS) is 11.6. The number of nitrogens with one attached hydrogen (secondary N) is 1. The topological polar surface area (TPSA) is 88.4 Å². The lowest BCUT2D eigenvalue weighted by atomic mass is 10.1. The van der Waals surface area contributed by atoms with Gasteiger partial charge in [-0.05, 0) is 25.5 Å². The van der Waals surface area contributed by atoms with Crippen molar-refractivity contribution >= 4 is 17.4 Å². The molecule has 1 heterocycles. The van der Waals surface area contributed by atoms with Crippen molar-refractivity contribution in [2.45, 2.75) is 19.9 Å². The van der Waals surface area contributed by atoms with Crippen molar-refractivity contribution in [2.75, 3.05) is 18.4 Å². The van der Waals surface area contributed by atoms with E-state index < -0.39 is 11.0 Å². The average molecular weight is 328 g/mol. The van der Waals surface area contributed by atoms with E-state index >= 15 is 0 Å². The molecule has 0 radical (unpaired) electrons. The molecule has 7 nitrogen and oxygen atoms in total. The maximum atomic E-state index is 12.9. The standard InChI is InChI=1S/C17H20N4O3/c1-3-20(4-2)17(22)15(13-9-6-5-7-10-13)19-16-14(21(23)24)11-8-12-18-16/h5-12,15H,3-4H2,1-2H3,(H,18,19). The lowest BCUT2D eigenvalue weighted by Gasteiger charge is -2.26. The van der Waals surface area contributed by atoms with Crippen LogP contribution in [0.3, 0.4) is 0 Å². The number of rotatable bonds is 7. The minimum Gasteiger partial charge on any atom is -0.349 e. The van der Waals surface area contributed by atoms with Gasteiger partial charge in [-0.25, -0.2) is 4.98 Å². The van der Waals surface area contributed by atoms with Crippen LogP contribution in [-0.4, -0.2) is 33.8 Å². The molecule has 1 N–H and O–H groups in total. The predicted octanol–water partition coefficient (Wildman–Crippen LogP) is 3.01. The first-order valence-electron chi connectivity index (χ1n) is 7.78. The van der Waals surface area contributed by atoms with Crippen LogP contribution in [0.1, 0.15) is 25.5 Å². The van der Waals surface area contributed by atoms with Gasteiger partial charge in [-0.1, -0.05) is 30.3 Å². The number of carbonyl (C=O) groups excluding carboxylic acids is 1. The van der Waals surface area contributed by atoms with Gasteiger partial charge < -0.3 is 10.2 Å². The molecule has 1 atom stereocenters. The Kier molecular flexibility index (Phi) is 5.83. The molecule has 126 valence electrons. The number of benzene rings is 1. The average Bonchev–Trinajstić information content (AvgIpc) is 2.61. The van der Waals surface area contributed by atoms with Crippen LogP contribution in [0.25, 0.3) is 0 Å². The number of hydrogen-bond acceptors (Lipinski definition) is 5. The molecule has 0 aliphatic rings. The largest absolute Gasteiger partial charge is 0.349 e. The Hall–Kier alpha value is -2.96. The van der Waals surface area contributed by atoms with Crippen LogP contribution in [0.5, 0.6) is 0 Å². The number of anilines is 1. The van der Waals surface area contributed by atoms with Crippen LogP contribution in [0.15, 0.2) is 48.7 Å². The Morgan fingerprint density at radius 3 is 2.46 bits per heavy atom. The van der Waals surface area contributed by atoms with Gasteiger partial charge in [0.1, 0.15) is 6.04 Å². The minimum absolute atomic E-state index is 0.0804. The van der Waals surface area contributed by atoms with E-state index in [0.29, 0.717) is 13.1 Å². The van der Waals surface area contributed by atoms with E-state index in [1.807, 2.05) is 44.2 Å². The molecule has 1 unspecified atom stereocenters. The predicted molar refractivity (Wildman–Crippen MR) is 91.6 cm³/mol. The van der Waals surface area contributed by atoms with Gasteiger partial charge in [-0.3, -0.25) is 14.9 Å². The molecule has 0 aliphatic heterocycles. The summed E-state index contributed by atoms with van der Waals surface area (Å²) in [7, 11) is 0. The number of pyridine rings is 1. The first kappa shape index (κ1) is 17.4. The van der Waals surface area contributed by atoms with Crippen molar-refractivity contribution in [3.8, 4) is 0 Å². The number of nitro groups is 1. The zero-order valence-electron chi connectivity index (χ0n) is 13.7. The first-order chi connectivity index (χ1) is 11.6. The second kappa shape index (κ2) is 8.05. The van der Waals surface area contributed by atoms with E-state index in [-0.39, 0.29) is 17.4 Å². The number of nitrogens with zero attached hydrogens (tertiary/aromatic N) is 3. The molecular weight excluding hydrogens is 308 g/mol. The highest BCUT2D eigenvalue weighted by atomic mass is 16.6. The number of likely N-dealkylation sites (N-methyl/N-ethyl adjacent to an activating group) is 1. The molecule has 0 saturated carbocycles. The summed E-state index contributed by atoms with van der Waals surface area (Å²) in [6, 6.07) is 11.2. The van der Waals surface area contributed by atoms with Crippen molar-refractivity contribution in [2.24, 2.45) is 0 Å². The summed E-state index contributed by atoms with van der Waals surface area (Å²) in [5, 5.41) is 14.1. The third-order valence-corrected chi connectivity index (χ3v) is 3.72. The Morgan fingerprint density at radius 2 is 1.88 bits per heavy atom. The molecule has 1 amide bonds. The molecule has 0 fully saturated rings. The number of carbonyl (C=O) groups is 1. The molecule has 0 saturated heterocycles. The maximum Gasteiger partial charge on any atom is 0.311 e. The molecule has 0 aliphatic carbocycles. The van der Waals surface area contributed by atoms with Crippen LogP contribution in [0.4, 0.5) is 11.5 Å². The van der Waals surface area contributed by atoms with Crippen molar-refractivity contribution < 1.29 is 9.72 Å². The summed E-state index contributed by atoms with van der Waals surface area (Å²) < 4.78 is 0. The zero-order chi connectivity index (χ0) is 17.5. The third kappa shape index (κ3) is 3.87. The van der Waals surface area contributed by atoms with Gasteiger partial charge >= 0.3 is 5.69 Å². The summed E-state index contributed by atoms with van der Waals surface area (Å²) in [5.41, 5.74) is 0.570. The first-order valence-corrected chi connectivity index (χ1v) is 7.78. The van der Waals surface area contributed by atoms with Gasteiger partial charge in [0.15, 0.2) is 0 Å². The van der Waals surface area contributed by atoms with Crippen LogP contribution < -0.4 is 5.32 Å². The molecule has 1 aromatic carbocycles. The van der Waals surface area contributed by atoms with Crippen molar-refractivity contribution in [3.63, 3.8) is 0 Å². The van der Waals surface area contributed by atoms with Crippen LogP contribution in [-0.2, 0) is 4.79 Å². The van der Waals surface area contributed by atoms with E-state index in [4.69, 9.17) is 0 Å². The summed E-state index contributed by atoms with van der Waals surface area (Å²) in [5.74, 6) is -0.0667. The third-order valence-electron chi connectivity index (χ3n) is 3.72. The Balaban J connectivity index is 2.41. The van der Waals surface area contributed by atoms with Crippen molar-refractivity contribution in [1.29, 1.82) is 0 Å². The Labute approximate surface area is 140 Å². The highest BCUT2D eigenvalue weighted by Crippen LogP contribution is 2.27. The highest BCUT2D eigenvalue weighted by Gasteiger charge is 2.27. The number of amides is 1. The fourth-order valence-corrected chi connectivity index (χ4v) is 2.44. The molecule has 0 spiro atoms. The van der Waals surface area contributed by atoms with E-state index in [9.17, 15) is 14.9 Å². The van der Waals surface area contributed by atoms with E-state index in [2.05, 4.69) is 10.3 Å². The molecule has 1 aromatic heterocycles. The van der Waals surface area contributed by atoms with Crippen molar-refractivity contribution in [1.82, 2.24) is 9.88 Å². The maximum absolute atomic E-state index is 12.9. The van der Waals surface area contributed by atoms with Gasteiger partial charge in [0.25, 0.3) is 0 Å². The molecule has 2 aromatic rings. The van der Waals surface area contributed by atoms with Gasteiger partial charge in [0, 0.05) is 25.4 Å². The number of aromatic nitrogens is 1. The smallest absolute Gasteiger partial charge is 0.311 e. The molecule has 2 rings (SSSR count). The fourth-order valence-electron chi connectivity index (χ4n) is 2.44. The van der Waals surface area contributed by atoms with Gasteiger partial charge in [-0.15, -0.1) is 0 Å². The summed E-state index contributed by atoms with van der Waals surface area (Å²) in [4.78, 5) is 29.2. The quantitative estimate of drug-likeness (QED) is 0.623. The Morgan fingerprint density at radius 1 is 1.21 bits per heavy atom. The molecule has 7 heteroatoms. The van der Waals surface area contributed by atoms with Gasteiger partial charge in [0.05, 0.1) is 4.92 Å². The minimum atomic E-state index is -0.736. The van der Waals surface area contributed by atoms with Crippen LogP contribution in [0.2, 0.25) is 0 Å². The second-order valence-corrected chi connectivity index (χ2v) is 5.13. The lowest BCUT2D eigenvalue weighted by molar-refractivity contribution is -0.384. The zero-order valence-corrected chi connectivity index (χ0v) is 13.7. The number of hydrogen-bond donors (Lipinski definition) is 1. The van der Waals surface area contributed by atoms with Gasteiger partial charge in [0.2, 0.25) is 11.7 Å². The summed E-state index contributed by atoms with van der Waals surface area (Å²) >= 11 is 0. The Bertz CT molecular complexity index is 702. The summed E-state index contributed by atoms with van der Waals surface area (Å²) in [6.07, 6.45) is 1.46. The van der Waals surface area contributed by atoms with Crippen molar-refractivity contribution in [3.05, 3.63) is 64.3 Å². The van der Waals surface area contributed by atoms with Crippen LogP contribution in [0, 0.1) is 10.1 Å². The SMILES string of the molecule is CCN(CC)C(=O)C(Nc1ncccc1[N+](=O)[O-])c1ccccc1. The molecule has 24 heavy (non-hydrogen) atoms. The molecular formula is C17H20N4O3. The lowest BCUT2D eigenvalue weighted by Crippen LogP contribution is -2.38. The van der Waals surface area contributed by atoms with E-state index in [1.54, 1.807) is 4.90 Å². The van der Waals surface area contributed by atoms with E-state index in [0.717, 1.165) is 5.56 Å². The van der Waals surface area contributed by atoms with Gasteiger partial charge in [-0.2, -0.15) is 0 Å². The molecule has 0 bridgehead atoms.